The van der Waals surface area contributed by atoms with Gasteiger partial charge in [-0.2, -0.15) is 0 Å². The van der Waals surface area contributed by atoms with Gasteiger partial charge in [0, 0.05) is 30.9 Å². The Hall–Kier alpha value is -2.64. The molecule has 0 aromatic heterocycles. The van der Waals surface area contributed by atoms with Crippen LogP contribution in [0.4, 0.5) is 4.39 Å². The number of ether oxygens (including phenoxy) is 1. The maximum Gasteiger partial charge on any atom is 0.251 e. The number of nitrogens with one attached hydrogen (secondary N) is 1. The zero-order valence-corrected chi connectivity index (χ0v) is 16.5. The maximum atomic E-state index is 13.7. The summed E-state index contributed by atoms with van der Waals surface area (Å²) in [6, 6.07) is 13.6. The first kappa shape index (κ1) is 19.7. The Labute approximate surface area is 171 Å². The van der Waals surface area contributed by atoms with Gasteiger partial charge in [-0.05, 0) is 67.0 Å². The molecule has 4 heteroatoms. The zero-order chi connectivity index (χ0) is 20.1. The fourth-order valence-electron chi connectivity index (χ4n) is 3.97. The Kier molecular flexibility index (Phi) is 5.97. The highest BCUT2D eigenvalue weighted by molar-refractivity contribution is 5.94. The molecule has 1 saturated carbocycles. The standard InChI is InChI=1S/C25H26FNO2/c26-23-4-2-1-3-21(23)10-7-19-8-11-22(12-9-19)24(28)27-18-25(17-20-5-6-20)13-15-29-16-14-25/h1-4,8-9,11-12,20H,5-6,13-18H2,(H,27,28). The fourth-order valence-corrected chi connectivity index (χ4v) is 3.97. The molecule has 4 rings (SSSR count). The zero-order valence-electron chi connectivity index (χ0n) is 16.5. The van der Waals surface area contributed by atoms with E-state index in [1.54, 1.807) is 42.5 Å². The number of hydrogen-bond acceptors (Lipinski definition) is 2. The third kappa shape index (κ3) is 5.25. The quantitative estimate of drug-likeness (QED) is 0.760. The first-order valence-electron chi connectivity index (χ1n) is 10.4. The summed E-state index contributed by atoms with van der Waals surface area (Å²) in [5.41, 5.74) is 1.92. The van der Waals surface area contributed by atoms with E-state index in [1.165, 1.54) is 25.3 Å². The molecule has 1 amide bonds. The average Bonchev–Trinajstić information content (AvgIpc) is 3.56. The minimum Gasteiger partial charge on any atom is -0.381 e. The van der Waals surface area contributed by atoms with E-state index in [0.717, 1.165) is 37.5 Å². The molecule has 2 aromatic rings. The Balaban J connectivity index is 1.37. The van der Waals surface area contributed by atoms with E-state index in [-0.39, 0.29) is 17.1 Å². The summed E-state index contributed by atoms with van der Waals surface area (Å²) in [6.45, 7) is 2.29. The van der Waals surface area contributed by atoms with Gasteiger partial charge in [0.25, 0.3) is 5.91 Å². The van der Waals surface area contributed by atoms with Gasteiger partial charge in [0.2, 0.25) is 0 Å². The van der Waals surface area contributed by atoms with Crippen molar-refractivity contribution in [2.75, 3.05) is 19.8 Å². The third-order valence-corrected chi connectivity index (χ3v) is 5.96. The molecule has 29 heavy (non-hydrogen) atoms. The molecule has 0 spiro atoms. The van der Waals surface area contributed by atoms with Gasteiger partial charge < -0.3 is 10.1 Å². The van der Waals surface area contributed by atoms with Gasteiger partial charge in [0.05, 0.1) is 5.56 Å². The second kappa shape index (κ2) is 8.80. The number of rotatable bonds is 5. The summed E-state index contributed by atoms with van der Waals surface area (Å²) < 4.78 is 19.2. The van der Waals surface area contributed by atoms with Crippen LogP contribution in [-0.2, 0) is 4.74 Å². The number of carbonyl (C=O) groups is 1. The van der Waals surface area contributed by atoms with Crippen molar-refractivity contribution in [1.29, 1.82) is 0 Å². The molecule has 3 nitrogen and oxygen atoms in total. The minimum absolute atomic E-state index is 0.0553. The van der Waals surface area contributed by atoms with Gasteiger partial charge in [0.15, 0.2) is 0 Å². The molecule has 2 aliphatic rings. The van der Waals surface area contributed by atoms with Crippen molar-refractivity contribution in [3.63, 3.8) is 0 Å². The largest absolute Gasteiger partial charge is 0.381 e. The lowest BCUT2D eigenvalue weighted by atomic mass is 9.75. The van der Waals surface area contributed by atoms with Crippen LogP contribution in [0, 0.1) is 29.0 Å². The van der Waals surface area contributed by atoms with Crippen LogP contribution in [0.3, 0.4) is 0 Å². The van der Waals surface area contributed by atoms with Gasteiger partial charge in [-0.25, -0.2) is 4.39 Å². The SMILES string of the molecule is O=C(NCC1(CC2CC2)CCOCC1)c1ccc(C#Cc2ccccc2F)cc1. The Morgan fingerprint density at radius 3 is 2.48 bits per heavy atom. The van der Waals surface area contributed by atoms with E-state index < -0.39 is 0 Å². The summed E-state index contributed by atoms with van der Waals surface area (Å²) in [6.07, 6.45) is 5.89. The Bertz CT molecular complexity index is 916. The molecule has 2 fully saturated rings. The molecule has 1 aliphatic carbocycles. The lowest BCUT2D eigenvalue weighted by molar-refractivity contribution is 0.00775. The predicted octanol–water partition coefficient (Wildman–Crippen LogP) is 4.55. The van der Waals surface area contributed by atoms with Gasteiger partial charge in [0.1, 0.15) is 5.82 Å². The highest BCUT2D eigenvalue weighted by atomic mass is 19.1. The van der Waals surface area contributed by atoms with Crippen molar-refractivity contribution >= 4 is 5.91 Å². The molecule has 1 heterocycles. The predicted molar refractivity (Wildman–Crippen MR) is 111 cm³/mol. The average molecular weight is 391 g/mol. The molecular weight excluding hydrogens is 365 g/mol. The monoisotopic (exact) mass is 391 g/mol. The summed E-state index contributed by atoms with van der Waals surface area (Å²) in [7, 11) is 0. The van der Waals surface area contributed by atoms with Crippen LogP contribution >= 0.6 is 0 Å². The molecule has 1 saturated heterocycles. The second-order valence-corrected chi connectivity index (χ2v) is 8.25. The van der Waals surface area contributed by atoms with Crippen LogP contribution in [0.1, 0.15) is 53.6 Å². The van der Waals surface area contributed by atoms with Crippen LogP contribution in [-0.4, -0.2) is 25.7 Å². The molecule has 0 bridgehead atoms. The Morgan fingerprint density at radius 1 is 1.07 bits per heavy atom. The van der Waals surface area contributed by atoms with Gasteiger partial charge in [-0.15, -0.1) is 0 Å². The summed E-state index contributed by atoms with van der Waals surface area (Å²) in [4.78, 5) is 12.6. The van der Waals surface area contributed by atoms with Crippen molar-refractivity contribution < 1.29 is 13.9 Å². The van der Waals surface area contributed by atoms with E-state index in [2.05, 4.69) is 17.2 Å². The van der Waals surface area contributed by atoms with Crippen LogP contribution in [0.25, 0.3) is 0 Å². The highest BCUT2D eigenvalue weighted by Crippen LogP contribution is 2.45. The number of carbonyl (C=O) groups excluding carboxylic acids is 1. The van der Waals surface area contributed by atoms with Gasteiger partial charge in [-0.3, -0.25) is 4.79 Å². The number of benzene rings is 2. The van der Waals surface area contributed by atoms with Gasteiger partial charge >= 0.3 is 0 Å². The van der Waals surface area contributed by atoms with Crippen molar-refractivity contribution in [1.82, 2.24) is 5.32 Å². The molecule has 2 aromatic carbocycles. The van der Waals surface area contributed by atoms with Crippen LogP contribution < -0.4 is 5.32 Å². The van der Waals surface area contributed by atoms with Crippen molar-refractivity contribution in [3.8, 4) is 11.8 Å². The topological polar surface area (TPSA) is 38.3 Å². The Morgan fingerprint density at radius 2 is 1.79 bits per heavy atom. The first-order chi connectivity index (χ1) is 14.1. The minimum atomic E-state index is -0.329. The van der Waals surface area contributed by atoms with Crippen molar-refractivity contribution in [3.05, 3.63) is 71.0 Å². The van der Waals surface area contributed by atoms with Gasteiger partial charge in [-0.1, -0.05) is 36.8 Å². The number of halogens is 1. The van der Waals surface area contributed by atoms with Crippen molar-refractivity contribution in [2.45, 2.75) is 32.1 Å². The maximum absolute atomic E-state index is 13.7. The highest BCUT2D eigenvalue weighted by Gasteiger charge is 2.38. The number of hydrogen-bond donors (Lipinski definition) is 1. The molecule has 0 radical (unpaired) electrons. The molecule has 0 atom stereocenters. The molecule has 1 N–H and O–H groups in total. The molecule has 0 unspecified atom stereocenters. The lowest BCUT2D eigenvalue weighted by Crippen LogP contribution is -2.41. The van der Waals surface area contributed by atoms with Crippen LogP contribution in [0.5, 0.6) is 0 Å². The van der Waals surface area contributed by atoms with Crippen LogP contribution in [0.15, 0.2) is 48.5 Å². The number of amides is 1. The first-order valence-corrected chi connectivity index (χ1v) is 10.4. The van der Waals surface area contributed by atoms with E-state index >= 15 is 0 Å². The molecule has 150 valence electrons. The fraction of sp³-hybridized carbons (Fsp3) is 0.400. The summed E-state index contributed by atoms with van der Waals surface area (Å²) in [5, 5.41) is 3.15. The van der Waals surface area contributed by atoms with E-state index in [9.17, 15) is 9.18 Å². The van der Waals surface area contributed by atoms with Crippen molar-refractivity contribution in [2.24, 2.45) is 11.3 Å². The molecular formula is C25H26FNO2. The second-order valence-electron chi connectivity index (χ2n) is 8.25. The van der Waals surface area contributed by atoms with E-state index in [4.69, 9.17) is 4.74 Å². The third-order valence-electron chi connectivity index (χ3n) is 5.96. The molecule has 1 aliphatic heterocycles. The van der Waals surface area contributed by atoms with E-state index in [1.807, 2.05) is 0 Å². The smallest absolute Gasteiger partial charge is 0.251 e. The lowest BCUT2D eigenvalue weighted by Gasteiger charge is -2.37. The normalized spacial score (nSPS) is 17.8. The van der Waals surface area contributed by atoms with Crippen LogP contribution in [0.2, 0.25) is 0 Å². The van der Waals surface area contributed by atoms with E-state index in [0.29, 0.717) is 17.7 Å². The summed E-state index contributed by atoms with van der Waals surface area (Å²) >= 11 is 0. The summed E-state index contributed by atoms with van der Waals surface area (Å²) in [5.74, 6) is 6.23.